The molecule has 0 aliphatic heterocycles. The zero-order chi connectivity index (χ0) is 16.0. The van der Waals surface area contributed by atoms with E-state index in [1.807, 2.05) is 13.8 Å². The van der Waals surface area contributed by atoms with Gasteiger partial charge in [-0.2, -0.15) is 18.2 Å². The maximum Gasteiger partial charge on any atom is 0.523 e. The number of rotatable bonds is 10. The average Bonchev–Trinajstić information content (AvgIpc) is 2.39. The lowest BCUT2D eigenvalue weighted by atomic mass is 10.1. The van der Waals surface area contributed by atoms with Crippen LogP contribution in [-0.2, 0) is 27.7 Å². The van der Waals surface area contributed by atoms with Crippen LogP contribution >= 0.6 is 0 Å². The van der Waals surface area contributed by atoms with Crippen LogP contribution in [0, 0.1) is 5.92 Å². The van der Waals surface area contributed by atoms with Crippen molar-refractivity contribution < 1.29 is 26.0 Å². The van der Waals surface area contributed by atoms with E-state index in [1.165, 1.54) is 21.3 Å². The van der Waals surface area contributed by atoms with E-state index in [2.05, 4.69) is 5.48 Å². The topological polar surface area (TPSA) is 83.1 Å². The van der Waals surface area contributed by atoms with Crippen molar-refractivity contribution in [2.75, 3.05) is 27.1 Å². The lowest BCUT2D eigenvalue weighted by molar-refractivity contribution is 0.0236. The van der Waals surface area contributed by atoms with E-state index in [9.17, 15) is 8.42 Å². The molecule has 0 saturated heterocycles. The molecular weight excluding hydrogens is 302 g/mol. The molecule has 9 heteroatoms. The zero-order valence-electron chi connectivity index (χ0n) is 13.3. The Morgan fingerprint density at radius 2 is 1.60 bits per heavy atom. The zero-order valence-corrected chi connectivity index (χ0v) is 15.2. The molecule has 20 heavy (non-hydrogen) atoms. The third kappa shape index (κ3) is 4.23. The Balaban J connectivity index is 5.32. The van der Waals surface area contributed by atoms with Crippen LogP contribution in [0.15, 0.2) is 0 Å². The van der Waals surface area contributed by atoms with Gasteiger partial charge in [-0.25, -0.2) is 0 Å². The molecule has 1 unspecified atom stereocenters. The van der Waals surface area contributed by atoms with Gasteiger partial charge in [0, 0.05) is 21.3 Å². The van der Waals surface area contributed by atoms with E-state index in [0.29, 0.717) is 6.42 Å². The molecule has 7 nitrogen and oxygen atoms in total. The van der Waals surface area contributed by atoms with Crippen LogP contribution < -0.4 is 5.48 Å². The van der Waals surface area contributed by atoms with E-state index in [0.717, 1.165) is 0 Å². The minimum absolute atomic E-state index is 0.0501. The van der Waals surface area contributed by atoms with Crippen LogP contribution in [0.5, 0.6) is 0 Å². The van der Waals surface area contributed by atoms with Crippen LogP contribution in [0.2, 0.25) is 0 Å². The van der Waals surface area contributed by atoms with Gasteiger partial charge in [0.1, 0.15) is 5.16 Å². The smallest absolute Gasteiger partial charge is 0.376 e. The monoisotopic (exact) mass is 329 g/mol. The van der Waals surface area contributed by atoms with Gasteiger partial charge >= 0.3 is 8.80 Å². The van der Waals surface area contributed by atoms with Crippen LogP contribution in [0.25, 0.3) is 0 Å². The predicted molar refractivity (Wildman–Crippen MR) is 78.3 cm³/mol. The molecular formula is C11H27NO6SSi. The lowest BCUT2D eigenvalue weighted by Gasteiger charge is -2.43. The predicted octanol–water partition coefficient (Wildman–Crippen LogP) is 1.08. The van der Waals surface area contributed by atoms with Crippen molar-refractivity contribution in [3.63, 3.8) is 0 Å². The maximum atomic E-state index is 11.7. The maximum absolute atomic E-state index is 11.7. The fourth-order valence-corrected chi connectivity index (χ4v) is 5.47. The third-order valence-corrected chi connectivity index (χ3v) is 8.24. The second-order valence-corrected chi connectivity index (χ2v) is 10.0. The fourth-order valence-electron chi connectivity index (χ4n) is 1.86. The Labute approximate surface area is 123 Å². The first-order valence-electron chi connectivity index (χ1n) is 6.48. The van der Waals surface area contributed by atoms with E-state index >= 15 is 0 Å². The van der Waals surface area contributed by atoms with Crippen LogP contribution in [-0.4, -0.2) is 49.5 Å². The number of hydroxylamine groups is 1. The molecule has 0 aromatic rings. The number of hydrogen-bond donors (Lipinski definition) is 1. The van der Waals surface area contributed by atoms with E-state index < -0.39 is 24.1 Å². The molecule has 1 N–H and O–H groups in total. The third-order valence-electron chi connectivity index (χ3n) is 3.43. The van der Waals surface area contributed by atoms with Gasteiger partial charge in [0.2, 0.25) is 0 Å². The number of hydrogen-bond acceptors (Lipinski definition) is 7. The standard InChI is InChI=1S/C11H27NO6SSi/c1-8-9-19(13,14)18-12-11(4,10(2)3)20(15-5,16-6)17-7/h10,12H,8-9H2,1-7H3. The van der Waals surface area contributed by atoms with Crippen molar-refractivity contribution >= 4 is 18.9 Å². The molecule has 0 bridgehead atoms. The molecule has 0 heterocycles. The highest BCUT2D eigenvalue weighted by molar-refractivity contribution is 7.86. The second kappa shape index (κ2) is 7.83. The molecule has 0 fully saturated rings. The molecule has 0 rings (SSSR count). The summed E-state index contributed by atoms with van der Waals surface area (Å²) in [5.74, 6) is -0.110. The van der Waals surface area contributed by atoms with Crippen molar-refractivity contribution in [2.45, 2.75) is 39.3 Å². The molecule has 0 saturated carbocycles. The fraction of sp³-hybridized carbons (Fsp3) is 1.00. The summed E-state index contributed by atoms with van der Waals surface area (Å²) in [6, 6.07) is 0. The molecule has 0 aromatic carbocycles. The van der Waals surface area contributed by atoms with Gasteiger partial charge in [-0.15, -0.1) is 0 Å². The average molecular weight is 329 g/mol. The highest BCUT2D eigenvalue weighted by Crippen LogP contribution is 2.30. The minimum atomic E-state index is -3.64. The van der Waals surface area contributed by atoms with Crippen LogP contribution in [0.3, 0.4) is 0 Å². The van der Waals surface area contributed by atoms with Gasteiger partial charge < -0.3 is 13.3 Å². The van der Waals surface area contributed by atoms with Crippen LogP contribution in [0.1, 0.15) is 34.1 Å². The van der Waals surface area contributed by atoms with Crippen molar-refractivity contribution in [1.82, 2.24) is 5.48 Å². The Kier molecular flexibility index (Phi) is 7.82. The molecule has 0 aromatic heterocycles. The molecule has 0 aliphatic carbocycles. The first-order chi connectivity index (χ1) is 9.14. The van der Waals surface area contributed by atoms with Crippen LogP contribution in [0.4, 0.5) is 0 Å². The highest BCUT2D eigenvalue weighted by Gasteiger charge is 2.59. The van der Waals surface area contributed by atoms with E-state index in [1.54, 1.807) is 13.8 Å². The Morgan fingerprint density at radius 3 is 1.90 bits per heavy atom. The van der Waals surface area contributed by atoms with Crippen molar-refractivity contribution in [3.05, 3.63) is 0 Å². The van der Waals surface area contributed by atoms with E-state index in [-0.39, 0.29) is 11.7 Å². The molecule has 0 spiro atoms. The SMILES string of the molecule is CCCS(=O)(=O)ONC(C)(C(C)C)[Si](OC)(OC)OC. The molecule has 0 aliphatic rings. The molecule has 0 radical (unpaired) electrons. The molecule has 1 atom stereocenters. The summed E-state index contributed by atoms with van der Waals surface area (Å²) in [4.78, 5) is 0. The van der Waals surface area contributed by atoms with Crippen molar-refractivity contribution in [3.8, 4) is 0 Å². The quantitative estimate of drug-likeness (QED) is 0.474. The Morgan fingerprint density at radius 1 is 1.15 bits per heavy atom. The first kappa shape index (κ1) is 20.0. The van der Waals surface area contributed by atoms with Gasteiger partial charge in [0.15, 0.2) is 0 Å². The van der Waals surface area contributed by atoms with Crippen molar-refractivity contribution in [1.29, 1.82) is 0 Å². The van der Waals surface area contributed by atoms with Gasteiger partial charge in [-0.3, -0.25) is 0 Å². The summed E-state index contributed by atoms with van der Waals surface area (Å²) in [5.41, 5.74) is 2.61. The number of nitrogens with one attached hydrogen (secondary N) is 1. The molecule has 122 valence electrons. The largest absolute Gasteiger partial charge is 0.523 e. The summed E-state index contributed by atoms with van der Waals surface area (Å²) in [7, 11) is -2.37. The minimum Gasteiger partial charge on any atom is -0.376 e. The normalized spacial score (nSPS) is 16.4. The summed E-state index contributed by atoms with van der Waals surface area (Å²) in [5, 5.41) is -0.911. The van der Waals surface area contributed by atoms with E-state index in [4.69, 9.17) is 17.6 Å². The lowest BCUT2D eigenvalue weighted by Crippen LogP contribution is -2.71. The summed E-state index contributed by atoms with van der Waals surface area (Å²) in [6.45, 7) is 7.34. The first-order valence-corrected chi connectivity index (χ1v) is 9.78. The summed E-state index contributed by atoms with van der Waals surface area (Å²) < 4.78 is 44.7. The summed E-state index contributed by atoms with van der Waals surface area (Å²) in [6.07, 6.45) is 0.476. The van der Waals surface area contributed by atoms with Gasteiger partial charge in [0.05, 0.1) is 5.75 Å². The molecule has 0 amide bonds. The van der Waals surface area contributed by atoms with Gasteiger partial charge in [0.25, 0.3) is 10.1 Å². The second-order valence-electron chi connectivity index (χ2n) is 4.97. The van der Waals surface area contributed by atoms with Crippen molar-refractivity contribution in [2.24, 2.45) is 5.92 Å². The van der Waals surface area contributed by atoms with Gasteiger partial charge in [-0.1, -0.05) is 20.8 Å². The summed E-state index contributed by atoms with van der Waals surface area (Å²) >= 11 is 0. The Hall–Kier alpha value is -0.0331. The highest BCUT2D eigenvalue weighted by atomic mass is 32.2. The van der Waals surface area contributed by atoms with Gasteiger partial charge in [-0.05, 0) is 19.3 Å². The Bertz CT molecular complexity index is 376.